The predicted molar refractivity (Wildman–Crippen MR) is 62.5 cm³/mol. The number of nitrogens with one attached hydrogen (secondary N) is 1. The SMILES string of the molecule is COC(=O)c1cc(NCCCC(N)=O)ccn1. The third-order valence-corrected chi connectivity index (χ3v) is 2.08. The monoisotopic (exact) mass is 237 g/mol. The summed E-state index contributed by atoms with van der Waals surface area (Å²) in [5.41, 5.74) is 6.01. The number of primary amides is 1. The van der Waals surface area contributed by atoms with Crippen molar-refractivity contribution in [1.82, 2.24) is 4.98 Å². The van der Waals surface area contributed by atoms with Gasteiger partial charge in [-0.1, -0.05) is 0 Å². The van der Waals surface area contributed by atoms with Gasteiger partial charge in [0.2, 0.25) is 5.91 Å². The van der Waals surface area contributed by atoms with Crippen LogP contribution in [0.1, 0.15) is 23.3 Å². The minimum atomic E-state index is -0.481. The summed E-state index contributed by atoms with van der Waals surface area (Å²) in [6, 6.07) is 3.33. The highest BCUT2D eigenvalue weighted by Crippen LogP contribution is 2.08. The summed E-state index contributed by atoms with van der Waals surface area (Å²) in [4.78, 5) is 25.6. The molecule has 0 saturated heterocycles. The number of esters is 1. The molecule has 3 N–H and O–H groups in total. The molecule has 17 heavy (non-hydrogen) atoms. The van der Waals surface area contributed by atoms with Gasteiger partial charge in [-0.2, -0.15) is 0 Å². The van der Waals surface area contributed by atoms with Crippen molar-refractivity contribution in [3.63, 3.8) is 0 Å². The fourth-order valence-corrected chi connectivity index (χ4v) is 1.25. The Balaban J connectivity index is 2.48. The van der Waals surface area contributed by atoms with Gasteiger partial charge >= 0.3 is 5.97 Å². The number of carbonyl (C=O) groups excluding carboxylic acids is 2. The van der Waals surface area contributed by atoms with E-state index in [1.807, 2.05) is 0 Å². The fourth-order valence-electron chi connectivity index (χ4n) is 1.25. The van der Waals surface area contributed by atoms with E-state index in [-0.39, 0.29) is 11.6 Å². The van der Waals surface area contributed by atoms with Crippen molar-refractivity contribution >= 4 is 17.6 Å². The summed E-state index contributed by atoms with van der Waals surface area (Å²) < 4.78 is 4.56. The summed E-state index contributed by atoms with van der Waals surface area (Å²) in [6.45, 7) is 0.605. The molecule has 0 spiro atoms. The number of anilines is 1. The highest BCUT2D eigenvalue weighted by Gasteiger charge is 2.06. The molecule has 6 nitrogen and oxygen atoms in total. The molecule has 6 heteroatoms. The Morgan fingerprint density at radius 1 is 1.53 bits per heavy atom. The van der Waals surface area contributed by atoms with Gasteiger partial charge in [0.15, 0.2) is 0 Å². The molecule has 0 aromatic carbocycles. The lowest BCUT2D eigenvalue weighted by atomic mass is 10.2. The Morgan fingerprint density at radius 2 is 2.29 bits per heavy atom. The third kappa shape index (κ3) is 4.50. The number of ether oxygens (including phenoxy) is 1. The largest absolute Gasteiger partial charge is 0.464 e. The maximum absolute atomic E-state index is 11.2. The third-order valence-electron chi connectivity index (χ3n) is 2.08. The molecule has 1 rings (SSSR count). The average molecular weight is 237 g/mol. The number of amides is 1. The minimum Gasteiger partial charge on any atom is -0.464 e. The van der Waals surface area contributed by atoms with Gasteiger partial charge in [-0.3, -0.25) is 4.79 Å². The molecular weight excluding hydrogens is 222 g/mol. The molecule has 0 saturated carbocycles. The molecule has 0 aliphatic rings. The van der Waals surface area contributed by atoms with Crippen LogP contribution in [0.4, 0.5) is 5.69 Å². The van der Waals surface area contributed by atoms with E-state index in [1.165, 1.54) is 13.3 Å². The van der Waals surface area contributed by atoms with Gasteiger partial charge in [0.25, 0.3) is 0 Å². The van der Waals surface area contributed by atoms with E-state index in [0.717, 1.165) is 5.69 Å². The first-order chi connectivity index (χ1) is 8.13. The van der Waals surface area contributed by atoms with Gasteiger partial charge in [-0.15, -0.1) is 0 Å². The Bertz CT molecular complexity index is 407. The molecule has 1 heterocycles. The molecule has 0 aliphatic heterocycles. The van der Waals surface area contributed by atoms with Crippen molar-refractivity contribution in [2.75, 3.05) is 19.0 Å². The molecule has 0 aliphatic carbocycles. The smallest absolute Gasteiger partial charge is 0.356 e. The van der Waals surface area contributed by atoms with Crippen LogP contribution in [0.5, 0.6) is 0 Å². The van der Waals surface area contributed by atoms with E-state index in [9.17, 15) is 9.59 Å². The number of aromatic nitrogens is 1. The molecule has 0 fully saturated rings. The summed E-state index contributed by atoms with van der Waals surface area (Å²) >= 11 is 0. The lowest BCUT2D eigenvalue weighted by molar-refractivity contribution is -0.118. The van der Waals surface area contributed by atoms with Crippen LogP contribution in [0, 0.1) is 0 Å². The highest BCUT2D eigenvalue weighted by molar-refractivity contribution is 5.88. The molecule has 0 atom stereocenters. The van der Waals surface area contributed by atoms with Gasteiger partial charge in [0, 0.05) is 24.8 Å². The number of hydrogen-bond acceptors (Lipinski definition) is 5. The first-order valence-electron chi connectivity index (χ1n) is 5.20. The Labute approximate surface area is 99.2 Å². The van der Waals surface area contributed by atoms with Crippen molar-refractivity contribution < 1.29 is 14.3 Å². The van der Waals surface area contributed by atoms with Crippen LogP contribution in [0.3, 0.4) is 0 Å². The first kappa shape index (κ1) is 13.0. The van der Waals surface area contributed by atoms with E-state index < -0.39 is 5.97 Å². The summed E-state index contributed by atoms with van der Waals surface area (Å²) in [5.74, 6) is -0.803. The Morgan fingerprint density at radius 3 is 2.94 bits per heavy atom. The zero-order valence-corrected chi connectivity index (χ0v) is 9.60. The second-order valence-electron chi connectivity index (χ2n) is 3.42. The number of pyridine rings is 1. The van der Waals surface area contributed by atoms with Gasteiger partial charge in [-0.05, 0) is 18.6 Å². The van der Waals surface area contributed by atoms with Gasteiger partial charge in [-0.25, -0.2) is 9.78 Å². The summed E-state index contributed by atoms with van der Waals surface area (Å²) in [7, 11) is 1.30. The number of nitrogens with two attached hydrogens (primary N) is 1. The van der Waals surface area contributed by atoms with Crippen LogP contribution in [-0.4, -0.2) is 30.5 Å². The minimum absolute atomic E-state index is 0.243. The Hall–Kier alpha value is -2.11. The van der Waals surface area contributed by atoms with E-state index in [1.54, 1.807) is 12.1 Å². The van der Waals surface area contributed by atoms with Crippen LogP contribution in [0.15, 0.2) is 18.3 Å². The molecule has 92 valence electrons. The van der Waals surface area contributed by atoms with Gasteiger partial charge in [0.05, 0.1) is 7.11 Å². The van der Waals surface area contributed by atoms with Gasteiger partial charge in [0.1, 0.15) is 5.69 Å². The molecule has 1 amide bonds. The predicted octanol–water partition coefficient (Wildman–Crippen LogP) is 0.546. The molecule has 0 radical (unpaired) electrons. The van der Waals surface area contributed by atoms with E-state index in [2.05, 4.69) is 15.0 Å². The van der Waals surface area contributed by atoms with Gasteiger partial charge < -0.3 is 15.8 Å². The molecule has 0 unspecified atom stereocenters. The van der Waals surface area contributed by atoms with Crippen LogP contribution < -0.4 is 11.1 Å². The first-order valence-corrected chi connectivity index (χ1v) is 5.20. The molecule has 0 bridgehead atoms. The van der Waals surface area contributed by atoms with Crippen LogP contribution in [0.2, 0.25) is 0 Å². The second kappa shape index (κ2) is 6.47. The fraction of sp³-hybridized carbons (Fsp3) is 0.364. The quantitative estimate of drug-likeness (QED) is 0.556. The molecule has 1 aromatic heterocycles. The number of methoxy groups -OCH3 is 1. The lowest BCUT2D eigenvalue weighted by Gasteiger charge is -2.06. The Kier molecular flexibility index (Phi) is 4.93. The number of rotatable bonds is 6. The number of nitrogens with zero attached hydrogens (tertiary/aromatic N) is 1. The number of carbonyl (C=O) groups is 2. The van der Waals surface area contributed by atoms with E-state index >= 15 is 0 Å². The van der Waals surface area contributed by atoms with Crippen molar-refractivity contribution in [2.45, 2.75) is 12.8 Å². The van der Waals surface area contributed by atoms with Crippen molar-refractivity contribution in [2.24, 2.45) is 5.73 Å². The van der Waals surface area contributed by atoms with Crippen LogP contribution in [-0.2, 0) is 9.53 Å². The van der Waals surface area contributed by atoms with Crippen LogP contribution >= 0.6 is 0 Å². The highest BCUT2D eigenvalue weighted by atomic mass is 16.5. The zero-order chi connectivity index (χ0) is 12.7. The lowest BCUT2D eigenvalue weighted by Crippen LogP contribution is -2.13. The standard InChI is InChI=1S/C11H15N3O3/c1-17-11(16)9-7-8(4-6-14-9)13-5-2-3-10(12)15/h4,6-7H,2-3,5H2,1H3,(H2,12,15)(H,13,14). The number of hydrogen-bond donors (Lipinski definition) is 2. The average Bonchev–Trinajstić information content (AvgIpc) is 2.34. The summed E-state index contributed by atoms with van der Waals surface area (Å²) in [5, 5.41) is 3.06. The molecule has 1 aromatic rings. The maximum atomic E-state index is 11.2. The van der Waals surface area contributed by atoms with E-state index in [4.69, 9.17) is 5.73 Å². The van der Waals surface area contributed by atoms with E-state index in [0.29, 0.717) is 19.4 Å². The van der Waals surface area contributed by atoms with Crippen molar-refractivity contribution in [1.29, 1.82) is 0 Å². The van der Waals surface area contributed by atoms with Crippen molar-refractivity contribution in [3.05, 3.63) is 24.0 Å². The maximum Gasteiger partial charge on any atom is 0.356 e. The normalized spacial score (nSPS) is 9.71. The van der Waals surface area contributed by atoms with Crippen molar-refractivity contribution in [3.8, 4) is 0 Å². The second-order valence-corrected chi connectivity index (χ2v) is 3.42. The molecular formula is C11H15N3O3. The zero-order valence-electron chi connectivity index (χ0n) is 9.60. The van der Waals surface area contributed by atoms with Crippen LogP contribution in [0.25, 0.3) is 0 Å². The summed E-state index contributed by atoms with van der Waals surface area (Å²) in [6.07, 6.45) is 2.50. The topological polar surface area (TPSA) is 94.3 Å².